The van der Waals surface area contributed by atoms with Gasteiger partial charge in [-0.3, -0.25) is 10.2 Å². The predicted molar refractivity (Wildman–Crippen MR) is 144 cm³/mol. The van der Waals surface area contributed by atoms with Gasteiger partial charge in [-0.1, -0.05) is 84.9 Å². The van der Waals surface area contributed by atoms with E-state index in [4.69, 9.17) is 0 Å². The molecule has 1 aliphatic rings. The molecule has 196 valence electrons. The molecule has 0 unspecified atom stereocenters. The van der Waals surface area contributed by atoms with Crippen LogP contribution in [0.3, 0.4) is 0 Å². The van der Waals surface area contributed by atoms with Gasteiger partial charge in [-0.05, 0) is 52.4 Å². The van der Waals surface area contributed by atoms with Crippen LogP contribution in [0.2, 0.25) is 0 Å². The number of hydrogen-bond donors (Lipinski definition) is 2. The molecule has 0 fully saturated rings. The fraction of sp³-hybridized carbons (Fsp3) is 0.0968. The number of aromatic nitrogens is 6. The van der Waals surface area contributed by atoms with Crippen molar-refractivity contribution >= 4 is 0 Å². The number of rotatable bonds is 4. The zero-order chi connectivity index (χ0) is 27.5. The maximum Gasteiger partial charge on any atom is 0.451 e. The number of alkyl halides is 3. The molecule has 0 saturated heterocycles. The summed E-state index contributed by atoms with van der Waals surface area (Å²) in [4.78, 5) is 8.28. The summed E-state index contributed by atoms with van der Waals surface area (Å²) in [6.07, 6.45) is -4.62. The monoisotopic (exact) mass is 534 g/mol. The van der Waals surface area contributed by atoms with Gasteiger partial charge in [0.05, 0.1) is 5.41 Å². The van der Waals surface area contributed by atoms with Crippen LogP contribution in [0.5, 0.6) is 0 Å². The minimum Gasteiger partial charge on any atom is -0.263 e. The summed E-state index contributed by atoms with van der Waals surface area (Å²) in [5.41, 5.74) is 6.75. The van der Waals surface area contributed by atoms with Crippen molar-refractivity contribution in [2.75, 3.05) is 0 Å². The smallest absolute Gasteiger partial charge is 0.263 e. The van der Waals surface area contributed by atoms with Gasteiger partial charge in [0.1, 0.15) is 5.82 Å². The van der Waals surface area contributed by atoms with Gasteiger partial charge in [-0.2, -0.15) is 23.4 Å². The van der Waals surface area contributed by atoms with E-state index < -0.39 is 17.4 Å². The van der Waals surface area contributed by atoms with E-state index in [0.717, 1.165) is 38.9 Å². The molecule has 6 nitrogen and oxygen atoms in total. The highest BCUT2D eigenvalue weighted by atomic mass is 19.4. The normalized spacial score (nSPS) is 13.7. The Hall–Kier alpha value is -5.05. The van der Waals surface area contributed by atoms with E-state index >= 15 is 0 Å². The molecule has 7 rings (SSSR count). The Kier molecular flexibility index (Phi) is 5.25. The largest absolute Gasteiger partial charge is 0.451 e. The molecule has 0 amide bonds. The minimum absolute atomic E-state index is 0.0196. The summed E-state index contributed by atoms with van der Waals surface area (Å²) in [5.74, 6) is 0.148. The first-order chi connectivity index (χ1) is 19.4. The van der Waals surface area contributed by atoms with Gasteiger partial charge in [0, 0.05) is 11.1 Å². The van der Waals surface area contributed by atoms with Crippen molar-refractivity contribution < 1.29 is 13.2 Å². The molecule has 9 heteroatoms. The Morgan fingerprint density at radius 2 is 1.15 bits per heavy atom. The van der Waals surface area contributed by atoms with Crippen molar-refractivity contribution in [2.45, 2.75) is 18.5 Å². The summed E-state index contributed by atoms with van der Waals surface area (Å²) in [7, 11) is 0. The summed E-state index contributed by atoms with van der Waals surface area (Å²) < 4.78 is 39.9. The molecule has 0 bridgehead atoms. The first-order valence-electron chi connectivity index (χ1n) is 12.7. The van der Waals surface area contributed by atoms with Gasteiger partial charge < -0.3 is 0 Å². The molecule has 2 heterocycles. The summed E-state index contributed by atoms with van der Waals surface area (Å²) >= 11 is 0. The topological polar surface area (TPSA) is 83.1 Å². The van der Waals surface area contributed by atoms with Gasteiger partial charge in [0.15, 0.2) is 11.6 Å². The Bertz CT molecular complexity index is 1840. The molecular weight excluding hydrogens is 513 g/mol. The fourth-order valence-corrected chi connectivity index (χ4v) is 5.80. The minimum atomic E-state index is -4.62. The molecular formula is C31H21F3N6. The average Bonchev–Trinajstić information content (AvgIpc) is 3.70. The van der Waals surface area contributed by atoms with Crippen LogP contribution in [-0.2, 0) is 11.6 Å². The van der Waals surface area contributed by atoms with E-state index in [1.54, 1.807) is 6.07 Å². The second-order valence-electron chi connectivity index (χ2n) is 9.75. The lowest BCUT2D eigenvalue weighted by Gasteiger charge is -2.34. The molecule has 2 N–H and O–H groups in total. The first kappa shape index (κ1) is 24.0. The molecule has 0 saturated carbocycles. The van der Waals surface area contributed by atoms with Gasteiger partial charge in [0.2, 0.25) is 5.82 Å². The van der Waals surface area contributed by atoms with Crippen LogP contribution in [0, 0.1) is 6.92 Å². The predicted octanol–water partition coefficient (Wildman–Crippen LogP) is 6.95. The van der Waals surface area contributed by atoms with Gasteiger partial charge in [-0.25, -0.2) is 9.97 Å². The van der Waals surface area contributed by atoms with Crippen molar-refractivity contribution in [3.63, 3.8) is 0 Å². The Labute approximate surface area is 227 Å². The third-order valence-corrected chi connectivity index (χ3v) is 7.41. The van der Waals surface area contributed by atoms with Crippen molar-refractivity contribution in [1.82, 2.24) is 30.4 Å². The maximum absolute atomic E-state index is 13.3. The van der Waals surface area contributed by atoms with Crippen molar-refractivity contribution in [1.29, 1.82) is 0 Å². The number of benzene rings is 4. The van der Waals surface area contributed by atoms with E-state index in [2.05, 4.69) is 61.7 Å². The molecule has 0 aliphatic heterocycles. The quantitative estimate of drug-likeness (QED) is 0.256. The zero-order valence-electron chi connectivity index (χ0n) is 21.2. The summed E-state index contributed by atoms with van der Waals surface area (Å²) in [6.45, 7) is 1.85. The Balaban J connectivity index is 1.51. The highest BCUT2D eigenvalue weighted by Gasteiger charge is 2.46. The van der Waals surface area contributed by atoms with Crippen molar-refractivity contribution in [3.05, 3.63) is 131 Å². The molecule has 2 aromatic heterocycles. The van der Waals surface area contributed by atoms with E-state index in [1.165, 1.54) is 0 Å². The Morgan fingerprint density at radius 1 is 0.625 bits per heavy atom. The van der Waals surface area contributed by atoms with Crippen LogP contribution in [0.25, 0.3) is 33.9 Å². The average molecular weight is 535 g/mol. The number of nitrogens with one attached hydrogen (secondary N) is 2. The summed E-state index contributed by atoms with van der Waals surface area (Å²) in [6, 6.07) is 32.0. The summed E-state index contributed by atoms with van der Waals surface area (Å²) in [5, 5.41) is 13.2. The molecule has 0 atom stereocenters. The third kappa shape index (κ3) is 3.58. The maximum atomic E-state index is 13.3. The molecule has 0 spiro atoms. The molecule has 40 heavy (non-hydrogen) atoms. The Morgan fingerprint density at radius 3 is 1.65 bits per heavy atom. The molecule has 1 aliphatic carbocycles. The highest BCUT2D eigenvalue weighted by Crippen LogP contribution is 2.56. The van der Waals surface area contributed by atoms with Crippen LogP contribution in [-0.4, -0.2) is 30.4 Å². The number of H-pyrrole nitrogens is 2. The first-order valence-corrected chi connectivity index (χ1v) is 12.7. The van der Waals surface area contributed by atoms with Crippen LogP contribution < -0.4 is 0 Å². The van der Waals surface area contributed by atoms with E-state index in [-0.39, 0.29) is 5.82 Å². The standard InChI is InChI=1S/C31H21F3N6/c1-18-35-27(38-37-18)19-8-6-10-21(16-19)30(25-14-4-2-12-23(25)24-13-3-5-15-26(24)30)22-11-7-9-20(17-22)28-36-29(40-39-28)31(32,33)34/h2-17H,1H3,(H,35,37,38)(H,36,39,40). The second-order valence-corrected chi connectivity index (χ2v) is 9.75. The number of halogens is 3. The number of aromatic amines is 2. The lowest BCUT2D eigenvalue weighted by Crippen LogP contribution is -2.28. The van der Waals surface area contributed by atoms with E-state index in [1.807, 2.05) is 66.6 Å². The van der Waals surface area contributed by atoms with Crippen molar-refractivity contribution in [3.8, 4) is 33.9 Å². The third-order valence-electron chi connectivity index (χ3n) is 7.41. The molecule has 4 aromatic carbocycles. The van der Waals surface area contributed by atoms with Gasteiger partial charge in [-0.15, -0.1) is 0 Å². The highest BCUT2D eigenvalue weighted by molar-refractivity contribution is 5.87. The number of hydrogen-bond acceptors (Lipinski definition) is 4. The lowest BCUT2D eigenvalue weighted by molar-refractivity contribution is -0.144. The zero-order valence-corrected chi connectivity index (χ0v) is 21.2. The number of fused-ring (bicyclic) bond motifs is 3. The molecule has 6 aromatic rings. The van der Waals surface area contributed by atoms with E-state index in [0.29, 0.717) is 17.2 Å². The van der Waals surface area contributed by atoms with Gasteiger partial charge in [0.25, 0.3) is 0 Å². The molecule has 0 radical (unpaired) electrons. The van der Waals surface area contributed by atoms with Gasteiger partial charge >= 0.3 is 6.18 Å². The van der Waals surface area contributed by atoms with Crippen molar-refractivity contribution in [2.24, 2.45) is 0 Å². The fourth-order valence-electron chi connectivity index (χ4n) is 5.80. The van der Waals surface area contributed by atoms with Crippen LogP contribution in [0.4, 0.5) is 13.2 Å². The second kappa shape index (κ2) is 8.74. The van der Waals surface area contributed by atoms with Crippen LogP contribution in [0.15, 0.2) is 97.1 Å². The lowest BCUT2D eigenvalue weighted by atomic mass is 9.67. The van der Waals surface area contributed by atoms with Crippen LogP contribution >= 0.6 is 0 Å². The van der Waals surface area contributed by atoms with Crippen LogP contribution in [0.1, 0.15) is 33.9 Å². The van der Waals surface area contributed by atoms with E-state index in [9.17, 15) is 13.2 Å². The number of aryl methyl sites for hydroxylation is 1. The number of nitrogens with zero attached hydrogens (tertiary/aromatic N) is 4. The SMILES string of the molecule is Cc1nc(-c2cccc(C3(c4cccc(-c5n[nH]c(C(F)(F)F)n5)c4)c4ccccc4-c4ccccc43)c2)n[nH]1.